The zero-order valence-electron chi connectivity index (χ0n) is 11.5. The van der Waals surface area contributed by atoms with Crippen LogP contribution in [0.3, 0.4) is 0 Å². The van der Waals surface area contributed by atoms with Gasteiger partial charge in [0.05, 0.1) is 24.5 Å². The van der Waals surface area contributed by atoms with Crippen molar-refractivity contribution in [1.82, 2.24) is 9.47 Å². The van der Waals surface area contributed by atoms with Gasteiger partial charge in [0.25, 0.3) is 5.91 Å². The third-order valence-corrected chi connectivity index (χ3v) is 4.17. The summed E-state index contributed by atoms with van der Waals surface area (Å²) in [5.41, 5.74) is 1.26. The predicted octanol–water partition coefficient (Wildman–Crippen LogP) is 1.34. The monoisotopic (exact) mass is 278 g/mol. The van der Waals surface area contributed by atoms with Crippen LogP contribution in [0.4, 0.5) is 0 Å². The Kier molecular flexibility index (Phi) is 3.25. The smallest absolute Gasteiger partial charge is 0.337 e. The van der Waals surface area contributed by atoms with Gasteiger partial charge in [-0.25, -0.2) is 4.79 Å². The van der Waals surface area contributed by atoms with Crippen molar-refractivity contribution in [3.8, 4) is 0 Å². The molecule has 0 unspecified atom stereocenters. The van der Waals surface area contributed by atoms with E-state index in [1.807, 2.05) is 11.8 Å². The number of hydrogen-bond donors (Lipinski definition) is 1. The zero-order valence-corrected chi connectivity index (χ0v) is 11.5. The standard InChI is InChI=1S/C14H18N2O4/c1-9-3-2-4-15(9)13(17)11-7-10(14(18)19)12-8-20-6-5-16(11)12/h7,9H,2-6,8H2,1H3,(H,18,19)/t9-/m1/s1. The molecular weight excluding hydrogens is 260 g/mol. The van der Waals surface area contributed by atoms with Crippen LogP contribution < -0.4 is 0 Å². The summed E-state index contributed by atoms with van der Waals surface area (Å²) in [5, 5.41) is 9.26. The van der Waals surface area contributed by atoms with Gasteiger partial charge < -0.3 is 19.3 Å². The summed E-state index contributed by atoms with van der Waals surface area (Å²) in [6, 6.07) is 1.72. The molecule has 1 aromatic heterocycles. The molecule has 1 fully saturated rings. The van der Waals surface area contributed by atoms with Crippen LogP contribution in [0.2, 0.25) is 0 Å². The Labute approximate surface area is 116 Å². The van der Waals surface area contributed by atoms with Crippen molar-refractivity contribution in [3.63, 3.8) is 0 Å². The number of likely N-dealkylation sites (tertiary alicyclic amines) is 1. The summed E-state index contributed by atoms with van der Waals surface area (Å²) in [7, 11) is 0. The molecule has 20 heavy (non-hydrogen) atoms. The Hall–Kier alpha value is -1.82. The van der Waals surface area contributed by atoms with Gasteiger partial charge in [-0.15, -0.1) is 0 Å². The number of nitrogens with zero attached hydrogens (tertiary/aromatic N) is 2. The molecule has 6 heteroatoms. The summed E-state index contributed by atoms with van der Waals surface area (Å²) in [6.45, 7) is 4.08. The largest absolute Gasteiger partial charge is 0.478 e. The first-order valence-electron chi connectivity index (χ1n) is 6.94. The summed E-state index contributed by atoms with van der Waals surface area (Å²) >= 11 is 0. The topological polar surface area (TPSA) is 71.8 Å². The minimum Gasteiger partial charge on any atom is -0.478 e. The van der Waals surface area contributed by atoms with E-state index in [4.69, 9.17) is 4.74 Å². The molecule has 6 nitrogen and oxygen atoms in total. The number of ether oxygens (including phenoxy) is 1. The van der Waals surface area contributed by atoms with Crippen molar-refractivity contribution < 1.29 is 19.4 Å². The van der Waals surface area contributed by atoms with Crippen LogP contribution in [0.1, 0.15) is 46.3 Å². The first-order chi connectivity index (χ1) is 9.59. The number of amides is 1. The normalized spacial score (nSPS) is 21.9. The summed E-state index contributed by atoms with van der Waals surface area (Å²) in [6.07, 6.45) is 2.02. The summed E-state index contributed by atoms with van der Waals surface area (Å²) in [5.74, 6) is -1.07. The maximum absolute atomic E-state index is 12.6. The lowest BCUT2D eigenvalue weighted by Crippen LogP contribution is -2.35. The molecule has 0 aliphatic carbocycles. The van der Waals surface area contributed by atoms with E-state index in [-0.39, 0.29) is 24.1 Å². The number of carbonyl (C=O) groups is 2. The Morgan fingerprint density at radius 3 is 2.85 bits per heavy atom. The van der Waals surface area contributed by atoms with E-state index in [9.17, 15) is 14.7 Å². The minimum atomic E-state index is -1.01. The lowest BCUT2D eigenvalue weighted by atomic mass is 10.2. The average Bonchev–Trinajstić information content (AvgIpc) is 3.01. The van der Waals surface area contributed by atoms with E-state index in [2.05, 4.69) is 0 Å². The molecule has 2 aliphatic heterocycles. The second-order valence-corrected chi connectivity index (χ2v) is 5.39. The molecule has 1 atom stereocenters. The molecule has 0 spiro atoms. The van der Waals surface area contributed by atoms with Crippen molar-refractivity contribution in [1.29, 1.82) is 0 Å². The second-order valence-electron chi connectivity index (χ2n) is 5.39. The lowest BCUT2D eigenvalue weighted by molar-refractivity contribution is 0.0640. The van der Waals surface area contributed by atoms with Gasteiger partial charge in [-0.05, 0) is 25.8 Å². The Morgan fingerprint density at radius 2 is 2.20 bits per heavy atom. The van der Waals surface area contributed by atoms with Gasteiger partial charge in [0.1, 0.15) is 5.69 Å². The lowest BCUT2D eigenvalue weighted by Gasteiger charge is -2.24. The van der Waals surface area contributed by atoms with Gasteiger partial charge in [0.15, 0.2) is 0 Å². The van der Waals surface area contributed by atoms with Crippen molar-refractivity contribution in [2.45, 2.75) is 39.0 Å². The van der Waals surface area contributed by atoms with Gasteiger partial charge in [0.2, 0.25) is 0 Å². The zero-order chi connectivity index (χ0) is 14.3. The van der Waals surface area contributed by atoms with Crippen molar-refractivity contribution in [2.24, 2.45) is 0 Å². The quantitative estimate of drug-likeness (QED) is 0.886. The van der Waals surface area contributed by atoms with Crippen LogP contribution in [-0.4, -0.2) is 45.6 Å². The first kappa shape index (κ1) is 13.2. The highest BCUT2D eigenvalue weighted by Gasteiger charge is 2.31. The van der Waals surface area contributed by atoms with Crippen LogP contribution in [0.25, 0.3) is 0 Å². The molecule has 1 saturated heterocycles. The number of aromatic nitrogens is 1. The van der Waals surface area contributed by atoms with Gasteiger partial charge in [-0.2, -0.15) is 0 Å². The van der Waals surface area contributed by atoms with E-state index in [0.29, 0.717) is 24.5 Å². The molecule has 0 bridgehead atoms. The van der Waals surface area contributed by atoms with E-state index in [1.54, 1.807) is 4.57 Å². The van der Waals surface area contributed by atoms with Gasteiger partial charge >= 0.3 is 5.97 Å². The van der Waals surface area contributed by atoms with Crippen LogP contribution in [0.5, 0.6) is 0 Å². The fourth-order valence-corrected chi connectivity index (χ4v) is 3.07. The molecule has 2 aliphatic rings. The van der Waals surface area contributed by atoms with Crippen molar-refractivity contribution >= 4 is 11.9 Å². The predicted molar refractivity (Wildman–Crippen MR) is 70.8 cm³/mol. The van der Waals surface area contributed by atoms with Crippen LogP contribution in [0.15, 0.2) is 6.07 Å². The van der Waals surface area contributed by atoms with Crippen molar-refractivity contribution in [2.75, 3.05) is 13.2 Å². The molecule has 1 aromatic rings. The maximum Gasteiger partial charge on any atom is 0.337 e. The van der Waals surface area contributed by atoms with Crippen LogP contribution in [0, 0.1) is 0 Å². The van der Waals surface area contributed by atoms with E-state index < -0.39 is 5.97 Å². The van der Waals surface area contributed by atoms with Crippen molar-refractivity contribution in [3.05, 3.63) is 23.0 Å². The number of hydrogen-bond acceptors (Lipinski definition) is 3. The Bertz CT molecular complexity index is 564. The molecule has 0 radical (unpaired) electrons. The van der Waals surface area contributed by atoms with E-state index >= 15 is 0 Å². The number of carboxylic acid groups (broad SMARTS) is 1. The third-order valence-electron chi connectivity index (χ3n) is 4.17. The summed E-state index contributed by atoms with van der Waals surface area (Å²) < 4.78 is 7.12. The maximum atomic E-state index is 12.6. The fourth-order valence-electron chi connectivity index (χ4n) is 3.07. The molecule has 1 N–H and O–H groups in total. The highest BCUT2D eigenvalue weighted by atomic mass is 16.5. The van der Waals surface area contributed by atoms with Gasteiger partial charge in [0, 0.05) is 19.1 Å². The Morgan fingerprint density at radius 1 is 1.40 bits per heavy atom. The number of carbonyl (C=O) groups excluding carboxylic acids is 1. The number of aromatic carboxylic acids is 1. The molecule has 0 aromatic carbocycles. The third kappa shape index (κ3) is 2.00. The van der Waals surface area contributed by atoms with E-state index in [1.165, 1.54) is 6.07 Å². The second kappa shape index (κ2) is 4.94. The number of rotatable bonds is 2. The van der Waals surface area contributed by atoms with E-state index in [0.717, 1.165) is 19.4 Å². The highest BCUT2D eigenvalue weighted by Crippen LogP contribution is 2.25. The fraction of sp³-hybridized carbons (Fsp3) is 0.571. The SMILES string of the molecule is C[C@@H]1CCCN1C(=O)c1cc(C(=O)O)c2n1CCOC2. The molecule has 1 amide bonds. The molecule has 3 heterocycles. The molecule has 3 rings (SSSR count). The minimum absolute atomic E-state index is 0.0642. The van der Waals surface area contributed by atoms with Crippen LogP contribution >= 0.6 is 0 Å². The molecule has 108 valence electrons. The van der Waals surface area contributed by atoms with Gasteiger partial charge in [-0.1, -0.05) is 0 Å². The summed E-state index contributed by atoms with van der Waals surface area (Å²) in [4.78, 5) is 25.8. The van der Waals surface area contributed by atoms with Crippen LogP contribution in [-0.2, 0) is 17.9 Å². The number of fused-ring (bicyclic) bond motifs is 1. The first-order valence-corrected chi connectivity index (χ1v) is 6.94. The molecular formula is C14H18N2O4. The Balaban J connectivity index is 2.01. The molecule has 0 saturated carbocycles. The number of carboxylic acids is 1. The average molecular weight is 278 g/mol. The highest BCUT2D eigenvalue weighted by molar-refractivity contribution is 5.98. The van der Waals surface area contributed by atoms with Gasteiger partial charge in [-0.3, -0.25) is 4.79 Å².